The first-order valence-electron chi connectivity index (χ1n) is 15.9. The Kier molecular flexibility index (Phi) is 6.22. The van der Waals surface area contributed by atoms with Gasteiger partial charge in [-0.1, -0.05) is 103 Å². The fourth-order valence-corrected chi connectivity index (χ4v) is 9.00. The van der Waals surface area contributed by atoms with Crippen LogP contribution >= 0.6 is 22.7 Å². The molecule has 5 heteroatoms. The molecule has 0 bridgehead atoms. The third-order valence-corrected chi connectivity index (χ3v) is 11.4. The van der Waals surface area contributed by atoms with E-state index in [1.807, 2.05) is 11.3 Å². The van der Waals surface area contributed by atoms with Crippen LogP contribution in [0.15, 0.2) is 152 Å². The van der Waals surface area contributed by atoms with E-state index in [4.69, 9.17) is 15.0 Å². The van der Waals surface area contributed by atoms with Crippen molar-refractivity contribution in [3.05, 3.63) is 152 Å². The smallest absolute Gasteiger partial charge is 0.164 e. The number of hydrogen-bond donors (Lipinski definition) is 0. The van der Waals surface area contributed by atoms with Gasteiger partial charge < -0.3 is 0 Å². The van der Waals surface area contributed by atoms with Gasteiger partial charge in [0.1, 0.15) is 0 Å². The van der Waals surface area contributed by atoms with Gasteiger partial charge in [0.2, 0.25) is 0 Å². The molecule has 0 fully saturated rings. The van der Waals surface area contributed by atoms with Gasteiger partial charge in [-0.15, -0.1) is 22.7 Å². The van der Waals surface area contributed by atoms with Crippen LogP contribution in [0, 0.1) is 0 Å². The standard InChI is InChI=1S/C43H25N3S2/c1-2-10-26(11-3-1)34-22-27-12-4-5-13-28(27)23-36(34)43-45-41(29-19-21-39-35(24-29)32-15-7-9-17-38(32)47-39)44-42(46-43)30-18-20-33-31-14-6-8-16-37(31)48-40(33)25-30/h1-25H. The second kappa shape index (κ2) is 10.9. The van der Waals surface area contributed by atoms with Gasteiger partial charge in [0, 0.05) is 57.0 Å². The summed E-state index contributed by atoms with van der Waals surface area (Å²) in [4.78, 5) is 15.7. The molecule has 224 valence electrons. The monoisotopic (exact) mass is 647 g/mol. The highest BCUT2D eigenvalue weighted by Crippen LogP contribution is 2.40. The summed E-state index contributed by atoms with van der Waals surface area (Å²) >= 11 is 3.62. The summed E-state index contributed by atoms with van der Waals surface area (Å²) in [5, 5.41) is 7.34. The zero-order chi connectivity index (χ0) is 31.6. The van der Waals surface area contributed by atoms with E-state index in [1.54, 1.807) is 11.3 Å². The Morgan fingerprint density at radius 1 is 0.312 bits per heavy atom. The molecular weight excluding hydrogens is 623 g/mol. The lowest BCUT2D eigenvalue weighted by Crippen LogP contribution is -2.01. The maximum Gasteiger partial charge on any atom is 0.164 e. The molecule has 0 spiro atoms. The number of rotatable bonds is 4. The summed E-state index contributed by atoms with van der Waals surface area (Å²) in [7, 11) is 0. The Labute approximate surface area is 284 Å². The van der Waals surface area contributed by atoms with E-state index >= 15 is 0 Å². The summed E-state index contributed by atoms with van der Waals surface area (Å²) < 4.78 is 5.04. The van der Waals surface area contributed by atoms with Gasteiger partial charge in [-0.3, -0.25) is 0 Å². The lowest BCUT2D eigenvalue weighted by Gasteiger charge is -2.14. The van der Waals surface area contributed by atoms with Crippen LogP contribution in [-0.2, 0) is 0 Å². The van der Waals surface area contributed by atoms with E-state index in [0.29, 0.717) is 17.5 Å². The zero-order valence-corrected chi connectivity index (χ0v) is 27.2. The van der Waals surface area contributed by atoms with E-state index in [0.717, 1.165) is 33.2 Å². The first-order valence-corrected chi connectivity index (χ1v) is 17.6. The van der Waals surface area contributed by atoms with Gasteiger partial charge in [0.25, 0.3) is 0 Å². The third-order valence-electron chi connectivity index (χ3n) is 9.12. The number of aromatic nitrogens is 3. The molecule has 10 rings (SSSR count). The fraction of sp³-hybridized carbons (Fsp3) is 0. The zero-order valence-electron chi connectivity index (χ0n) is 25.6. The van der Waals surface area contributed by atoms with Crippen molar-refractivity contribution in [1.82, 2.24) is 15.0 Å². The SMILES string of the molecule is c1ccc(-c2cc3ccccc3cc2-c2nc(-c3ccc4c(c3)sc3ccccc34)nc(-c3ccc4sc5ccccc5c4c3)n2)cc1. The van der Waals surface area contributed by atoms with Crippen LogP contribution in [0.25, 0.3) is 96.4 Å². The third kappa shape index (κ3) is 4.51. The van der Waals surface area contributed by atoms with Gasteiger partial charge in [-0.25, -0.2) is 15.0 Å². The number of nitrogens with zero attached hydrogens (tertiary/aromatic N) is 3. The number of hydrogen-bond acceptors (Lipinski definition) is 5. The summed E-state index contributed by atoms with van der Waals surface area (Å²) in [6.45, 7) is 0. The van der Waals surface area contributed by atoms with E-state index < -0.39 is 0 Å². The molecular formula is C43H25N3S2. The molecule has 0 aliphatic rings. The van der Waals surface area contributed by atoms with Crippen molar-refractivity contribution in [1.29, 1.82) is 0 Å². The van der Waals surface area contributed by atoms with Crippen LogP contribution < -0.4 is 0 Å². The Morgan fingerprint density at radius 2 is 0.833 bits per heavy atom. The minimum Gasteiger partial charge on any atom is -0.208 e. The van der Waals surface area contributed by atoms with Crippen molar-refractivity contribution >= 4 is 73.8 Å². The van der Waals surface area contributed by atoms with Crippen molar-refractivity contribution in [2.45, 2.75) is 0 Å². The minimum atomic E-state index is 0.659. The lowest BCUT2D eigenvalue weighted by atomic mass is 9.95. The second-order valence-electron chi connectivity index (χ2n) is 12.0. The molecule has 48 heavy (non-hydrogen) atoms. The van der Waals surface area contributed by atoms with Gasteiger partial charge in [-0.2, -0.15) is 0 Å². The average Bonchev–Trinajstić information content (AvgIpc) is 3.72. The largest absolute Gasteiger partial charge is 0.208 e. The second-order valence-corrected chi connectivity index (χ2v) is 14.2. The molecule has 7 aromatic carbocycles. The maximum atomic E-state index is 5.24. The maximum absolute atomic E-state index is 5.24. The van der Waals surface area contributed by atoms with Crippen LogP contribution in [0.3, 0.4) is 0 Å². The molecule has 0 saturated carbocycles. The Balaban J connectivity index is 1.24. The summed E-state index contributed by atoms with van der Waals surface area (Å²) in [5.74, 6) is 1.99. The van der Waals surface area contributed by atoms with E-state index in [-0.39, 0.29) is 0 Å². The highest BCUT2D eigenvalue weighted by molar-refractivity contribution is 7.26. The Bertz CT molecular complexity index is 2850. The Morgan fingerprint density at radius 3 is 1.58 bits per heavy atom. The van der Waals surface area contributed by atoms with Gasteiger partial charge >= 0.3 is 0 Å². The molecule has 0 atom stereocenters. The summed E-state index contributed by atoms with van der Waals surface area (Å²) in [6, 6.07) is 53.9. The van der Waals surface area contributed by atoms with Crippen molar-refractivity contribution in [2.75, 3.05) is 0 Å². The number of benzene rings is 7. The molecule has 0 unspecified atom stereocenters. The number of fused-ring (bicyclic) bond motifs is 7. The van der Waals surface area contributed by atoms with Crippen molar-refractivity contribution < 1.29 is 0 Å². The molecule has 0 radical (unpaired) electrons. The highest BCUT2D eigenvalue weighted by atomic mass is 32.1. The topological polar surface area (TPSA) is 38.7 Å². The molecule has 3 heterocycles. The van der Waals surface area contributed by atoms with Crippen LogP contribution in [0.1, 0.15) is 0 Å². The van der Waals surface area contributed by atoms with Gasteiger partial charge in [0.05, 0.1) is 0 Å². The molecule has 0 aliphatic carbocycles. The molecule has 0 amide bonds. The van der Waals surface area contributed by atoms with Crippen LogP contribution in [0.2, 0.25) is 0 Å². The van der Waals surface area contributed by atoms with Crippen LogP contribution in [-0.4, -0.2) is 15.0 Å². The summed E-state index contributed by atoms with van der Waals surface area (Å²) in [6.07, 6.45) is 0. The molecule has 3 nitrogen and oxygen atoms in total. The highest BCUT2D eigenvalue weighted by Gasteiger charge is 2.18. The predicted molar refractivity (Wildman–Crippen MR) is 205 cm³/mol. The van der Waals surface area contributed by atoms with Gasteiger partial charge in [-0.05, 0) is 70.4 Å². The first-order chi connectivity index (χ1) is 23.7. The van der Waals surface area contributed by atoms with Gasteiger partial charge in [0.15, 0.2) is 17.5 Å². The Hall–Kier alpha value is -5.75. The lowest BCUT2D eigenvalue weighted by molar-refractivity contribution is 1.08. The minimum absolute atomic E-state index is 0.659. The van der Waals surface area contributed by atoms with E-state index in [9.17, 15) is 0 Å². The van der Waals surface area contributed by atoms with E-state index in [2.05, 4.69) is 152 Å². The fourth-order valence-electron chi connectivity index (χ4n) is 6.77. The van der Waals surface area contributed by atoms with Crippen LogP contribution in [0.5, 0.6) is 0 Å². The van der Waals surface area contributed by atoms with E-state index in [1.165, 1.54) is 45.7 Å². The quantitative estimate of drug-likeness (QED) is 0.191. The number of thiophene rings is 2. The molecule has 0 N–H and O–H groups in total. The summed E-state index contributed by atoms with van der Waals surface area (Å²) in [5.41, 5.74) is 5.15. The van der Waals surface area contributed by atoms with Crippen molar-refractivity contribution in [3.8, 4) is 45.3 Å². The van der Waals surface area contributed by atoms with Crippen molar-refractivity contribution in [2.24, 2.45) is 0 Å². The van der Waals surface area contributed by atoms with Crippen molar-refractivity contribution in [3.63, 3.8) is 0 Å². The van der Waals surface area contributed by atoms with Crippen LogP contribution in [0.4, 0.5) is 0 Å². The first kappa shape index (κ1) is 27.4. The molecule has 0 aliphatic heterocycles. The molecule has 3 aromatic heterocycles. The molecule has 0 saturated heterocycles. The molecule has 10 aromatic rings. The average molecular weight is 648 g/mol. The predicted octanol–water partition coefficient (Wildman–Crippen LogP) is 12.4. The normalized spacial score (nSPS) is 11.8.